The maximum Gasteiger partial charge on any atom is 0.387 e. The molecule has 37 heavy (non-hydrogen) atoms. The molecule has 4 aromatic rings. The number of rotatable bonds is 7. The first kappa shape index (κ1) is 24.8. The minimum atomic E-state index is -2.92. The molecule has 194 valence electrons. The van der Waals surface area contributed by atoms with Gasteiger partial charge in [0.15, 0.2) is 11.5 Å². The molecule has 1 amide bonds. The molecular formula is C26H27F3N6O2. The number of aromatic nitrogens is 4. The van der Waals surface area contributed by atoms with Crippen molar-refractivity contribution in [3.05, 3.63) is 60.6 Å². The lowest BCUT2D eigenvalue weighted by Gasteiger charge is -2.37. The summed E-state index contributed by atoms with van der Waals surface area (Å²) in [6, 6.07) is 11.5. The second-order valence-corrected chi connectivity index (χ2v) is 9.53. The molecule has 0 atom stereocenters. The first-order chi connectivity index (χ1) is 17.7. The van der Waals surface area contributed by atoms with Crippen LogP contribution in [0.15, 0.2) is 54.9 Å². The number of nitrogens with one attached hydrogen (secondary N) is 2. The van der Waals surface area contributed by atoms with E-state index in [1.165, 1.54) is 24.3 Å². The Bertz CT molecular complexity index is 1390. The van der Waals surface area contributed by atoms with Crippen molar-refractivity contribution in [3.8, 4) is 16.9 Å². The predicted octanol–water partition coefficient (Wildman–Crippen LogP) is 5.62. The third-order valence-electron chi connectivity index (χ3n) is 6.64. The second-order valence-electron chi connectivity index (χ2n) is 9.53. The number of H-pyrrole nitrogens is 1. The van der Waals surface area contributed by atoms with Crippen LogP contribution in [0.3, 0.4) is 0 Å². The molecule has 2 N–H and O–H groups in total. The highest BCUT2D eigenvalue weighted by atomic mass is 19.3. The molecule has 0 saturated carbocycles. The molecule has 3 heterocycles. The topological polar surface area (TPSA) is 88.1 Å². The number of hydrogen-bond donors (Lipinski definition) is 2. The number of halogens is 3. The molecule has 1 saturated heterocycles. The minimum Gasteiger partial charge on any atom is -0.435 e. The number of aromatic amines is 1. The van der Waals surface area contributed by atoms with Crippen LogP contribution >= 0.6 is 0 Å². The van der Waals surface area contributed by atoms with Crippen LogP contribution in [0.25, 0.3) is 22.0 Å². The number of hydrogen-bond acceptors (Lipinski definition) is 5. The van der Waals surface area contributed by atoms with Crippen LogP contribution in [0.2, 0.25) is 0 Å². The van der Waals surface area contributed by atoms with Gasteiger partial charge < -0.3 is 10.1 Å². The third kappa shape index (κ3) is 5.46. The van der Waals surface area contributed by atoms with Crippen molar-refractivity contribution in [2.24, 2.45) is 0 Å². The van der Waals surface area contributed by atoms with Crippen molar-refractivity contribution >= 4 is 22.5 Å². The van der Waals surface area contributed by atoms with Crippen molar-refractivity contribution in [2.75, 3.05) is 18.4 Å². The highest BCUT2D eigenvalue weighted by molar-refractivity contribution is 6.11. The van der Waals surface area contributed by atoms with Crippen LogP contribution in [-0.2, 0) is 0 Å². The van der Waals surface area contributed by atoms with Crippen LogP contribution in [0.5, 0.6) is 5.75 Å². The molecule has 5 rings (SSSR count). The van der Waals surface area contributed by atoms with E-state index in [2.05, 4.69) is 25.3 Å². The Morgan fingerprint density at radius 3 is 2.54 bits per heavy atom. The van der Waals surface area contributed by atoms with Crippen LogP contribution in [-0.4, -0.2) is 56.3 Å². The number of benzene rings is 2. The molecule has 2 aromatic carbocycles. The molecule has 0 bridgehead atoms. The Labute approximate surface area is 211 Å². The van der Waals surface area contributed by atoms with Gasteiger partial charge in [-0.25, -0.2) is 4.39 Å². The van der Waals surface area contributed by atoms with Crippen molar-refractivity contribution in [1.29, 1.82) is 0 Å². The average molecular weight is 513 g/mol. The highest BCUT2D eigenvalue weighted by Gasteiger charge is 2.31. The largest absolute Gasteiger partial charge is 0.435 e. The van der Waals surface area contributed by atoms with Gasteiger partial charge in [0.05, 0.1) is 17.8 Å². The number of anilines is 1. The first-order valence-corrected chi connectivity index (χ1v) is 12.0. The average Bonchev–Trinajstić information content (AvgIpc) is 3.52. The van der Waals surface area contributed by atoms with Crippen molar-refractivity contribution in [2.45, 2.75) is 45.1 Å². The van der Waals surface area contributed by atoms with E-state index in [0.717, 1.165) is 24.0 Å². The van der Waals surface area contributed by atoms with E-state index >= 15 is 0 Å². The summed E-state index contributed by atoms with van der Waals surface area (Å²) < 4.78 is 45.2. The van der Waals surface area contributed by atoms with Crippen LogP contribution in [0, 0.1) is 0 Å². The van der Waals surface area contributed by atoms with Crippen LogP contribution in [0.1, 0.15) is 43.2 Å². The van der Waals surface area contributed by atoms with Gasteiger partial charge in [0.25, 0.3) is 5.91 Å². The summed E-state index contributed by atoms with van der Waals surface area (Å²) in [6.07, 6.45) is 5.39. The number of piperidine rings is 1. The summed E-state index contributed by atoms with van der Waals surface area (Å²) in [5.74, 6) is -1.76. The van der Waals surface area contributed by atoms with Crippen molar-refractivity contribution in [3.63, 3.8) is 0 Å². The Morgan fingerprint density at radius 1 is 1.14 bits per heavy atom. The monoisotopic (exact) mass is 512 g/mol. The molecule has 0 unspecified atom stereocenters. The lowest BCUT2D eigenvalue weighted by atomic mass is 10.0. The molecule has 0 spiro atoms. The smallest absolute Gasteiger partial charge is 0.387 e. The van der Waals surface area contributed by atoms with Gasteiger partial charge in [-0.3, -0.25) is 19.5 Å². The Balaban J connectivity index is 1.31. The summed E-state index contributed by atoms with van der Waals surface area (Å²) >= 11 is 0. The molecule has 1 fully saturated rings. The zero-order valence-corrected chi connectivity index (χ0v) is 20.4. The van der Waals surface area contributed by atoms with Crippen molar-refractivity contribution in [1.82, 2.24) is 24.9 Å². The third-order valence-corrected chi connectivity index (χ3v) is 6.64. The van der Waals surface area contributed by atoms with E-state index < -0.39 is 18.3 Å². The fourth-order valence-corrected chi connectivity index (χ4v) is 4.63. The zero-order valence-electron chi connectivity index (χ0n) is 20.4. The lowest BCUT2D eigenvalue weighted by Crippen LogP contribution is -2.45. The van der Waals surface area contributed by atoms with Crippen LogP contribution in [0.4, 0.5) is 18.9 Å². The minimum absolute atomic E-state index is 0.000196. The van der Waals surface area contributed by atoms with E-state index in [9.17, 15) is 18.0 Å². The Morgan fingerprint density at radius 2 is 1.86 bits per heavy atom. The molecule has 0 aliphatic carbocycles. The molecule has 1 aliphatic heterocycles. The summed E-state index contributed by atoms with van der Waals surface area (Å²) in [4.78, 5) is 14.8. The van der Waals surface area contributed by atoms with Gasteiger partial charge in [0.1, 0.15) is 5.75 Å². The summed E-state index contributed by atoms with van der Waals surface area (Å²) in [7, 11) is 0. The SMILES string of the molecule is CC(C)(F)N1CCC(n2cc(-c3ccc4[nH]nc(C(=O)Nc5ccc(OC(F)F)cc5)c4c3)cn2)CC1. The Hall–Kier alpha value is -3.86. The molecule has 0 radical (unpaired) electrons. The predicted molar refractivity (Wildman–Crippen MR) is 133 cm³/mol. The number of likely N-dealkylation sites (tertiary alicyclic amines) is 1. The van der Waals surface area contributed by atoms with Gasteiger partial charge in [0.2, 0.25) is 0 Å². The van der Waals surface area contributed by atoms with Gasteiger partial charge in [-0.1, -0.05) is 6.07 Å². The summed E-state index contributed by atoms with van der Waals surface area (Å²) in [5.41, 5.74) is 3.10. The van der Waals surface area contributed by atoms with Gasteiger partial charge in [0, 0.05) is 35.9 Å². The normalized spacial score (nSPS) is 15.4. The maximum atomic E-state index is 14.2. The van der Waals surface area contributed by atoms with Crippen molar-refractivity contribution < 1.29 is 22.7 Å². The Kier molecular flexibility index (Phi) is 6.63. The quantitative estimate of drug-likeness (QED) is 0.314. The first-order valence-electron chi connectivity index (χ1n) is 12.0. The van der Waals surface area contributed by atoms with Gasteiger partial charge in [-0.2, -0.15) is 19.0 Å². The number of amides is 1. The summed E-state index contributed by atoms with van der Waals surface area (Å²) in [5, 5.41) is 15.0. The van der Waals surface area contributed by atoms with E-state index in [1.807, 2.05) is 34.0 Å². The molecule has 11 heteroatoms. The molecule has 8 nitrogen and oxygen atoms in total. The van der Waals surface area contributed by atoms with Crippen LogP contribution < -0.4 is 10.1 Å². The standard InChI is InChI=1S/C26H27F3N6O2/c1-26(2,29)34-11-9-19(10-12-34)35-15-17(14-30-35)16-3-8-22-21(13-16)23(33-32-22)24(36)31-18-4-6-20(7-5-18)37-25(27)28/h3-8,13-15,19,25H,9-12H2,1-2H3,(H,31,36)(H,32,33). The van der Waals surface area contributed by atoms with E-state index in [0.29, 0.717) is 29.7 Å². The zero-order chi connectivity index (χ0) is 26.2. The highest BCUT2D eigenvalue weighted by Crippen LogP contribution is 2.30. The number of fused-ring (bicyclic) bond motifs is 1. The van der Waals surface area contributed by atoms with Gasteiger partial charge >= 0.3 is 6.61 Å². The second kappa shape index (κ2) is 9.89. The van der Waals surface area contributed by atoms with E-state index in [4.69, 9.17) is 0 Å². The van der Waals surface area contributed by atoms with E-state index in [-0.39, 0.29) is 17.5 Å². The van der Waals surface area contributed by atoms with Gasteiger partial charge in [-0.05, 0) is 68.7 Å². The molecule has 2 aromatic heterocycles. The van der Waals surface area contributed by atoms with E-state index in [1.54, 1.807) is 20.0 Å². The number of ether oxygens (including phenoxy) is 1. The van der Waals surface area contributed by atoms with Gasteiger partial charge in [-0.15, -0.1) is 0 Å². The lowest BCUT2D eigenvalue weighted by molar-refractivity contribution is -0.0498. The fourth-order valence-electron chi connectivity index (χ4n) is 4.63. The number of alkyl halides is 3. The molecule has 1 aliphatic rings. The number of carbonyl (C=O) groups is 1. The number of carbonyl (C=O) groups excluding carboxylic acids is 1. The summed E-state index contributed by atoms with van der Waals surface area (Å²) in [6.45, 7) is 1.59. The number of nitrogens with zero attached hydrogens (tertiary/aromatic N) is 4. The maximum absolute atomic E-state index is 14.2. The fraction of sp³-hybridized carbons (Fsp3) is 0.346. The molecular weight excluding hydrogens is 485 g/mol.